The van der Waals surface area contributed by atoms with Crippen molar-refractivity contribution in [3.63, 3.8) is 0 Å². The van der Waals surface area contributed by atoms with Crippen LogP contribution in [0.4, 0.5) is 19.0 Å². The molecule has 1 amide bonds. The second-order valence-corrected chi connectivity index (χ2v) is 10.1. The van der Waals surface area contributed by atoms with Gasteiger partial charge in [0.2, 0.25) is 5.82 Å². The minimum Gasteiger partial charge on any atom is -0.542 e. The first-order chi connectivity index (χ1) is 16.4. The fourth-order valence-corrected chi connectivity index (χ4v) is 4.82. The average molecular weight is 513 g/mol. The highest BCUT2D eigenvalue weighted by atomic mass is 32.2. The van der Waals surface area contributed by atoms with Gasteiger partial charge in [-0.3, -0.25) is 9.20 Å². The van der Waals surface area contributed by atoms with Gasteiger partial charge in [0, 0.05) is 12.4 Å². The molecule has 0 spiro atoms. The molecular weight excluding hydrogens is 491 g/mol. The van der Waals surface area contributed by atoms with Gasteiger partial charge in [-0.2, -0.15) is 13.2 Å². The first-order valence-corrected chi connectivity index (χ1v) is 12.2. The van der Waals surface area contributed by atoms with Gasteiger partial charge in [0.15, 0.2) is 9.84 Å². The van der Waals surface area contributed by atoms with Gasteiger partial charge in [-0.25, -0.2) is 18.4 Å². The quantitative estimate of drug-likeness (QED) is 0.475. The van der Waals surface area contributed by atoms with E-state index >= 15 is 0 Å². The van der Waals surface area contributed by atoms with E-state index in [0.29, 0.717) is 31.3 Å². The molecule has 4 rings (SSSR count). The first kappa shape index (κ1) is 26.1. The fraction of sp³-hybridized carbons (Fsp3) is 0.333. The van der Waals surface area contributed by atoms with Gasteiger partial charge in [-0.15, -0.1) is 0 Å². The minimum absolute atomic E-state index is 0.195. The molecule has 188 valence electrons. The summed E-state index contributed by atoms with van der Waals surface area (Å²) < 4.78 is 56.6. The van der Waals surface area contributed by atoms with E-state index in [4.69, 9.17) is 9.90 Å². The Morgan fingerprint density at radius 2 is 1.83 bits per heavy atom. The molecule has 3 aromatic heterocycles. The molecule has 1 aliphatic heterocycles. The van der Waals surface area contributed by atoms with Gasteiger partial charge >= 0.3 is 6.18 Å². The maximum atomic E-state index is 12.9. The Morgan fingerprint density at radius 3 is 2.43 bits per heavy atom. The number of pyridine rings is 2. The number of nitrogens with one attached hydrogen (secondary N) is 2. The highest BCUT2D eigenvalue weighted by Gasteiger charge is 2.29. The van der Waals surface area contributed by atoms with Crippen LogP contribution in [0.25, 0.3) is 5.52 Å². The molecule has 35 heavy (non-hydrogen) atoms. The topological polar surface area (TPSA) is 138 Å². The van der Waals surface area contributed by atoms with E-state index in [-0.39, 0.29) is 17.4 Å². The van der Waals surface area contributed by atoms with E-state index in [9.17, 15) is 26.4 Å². The summed E-state index contributed by atoms with van der Waals surface area (Å²) in [4.78, 5) is 31.6. The molecule has 0 atom stereocenters. The minimum atomic E-state index is -5.19. The van der Waals surface area contributed by atoms with Crippen LogP contribution in [0.3, 0.4) is 0 Å². The third kappa shape index (κ3) is 6.76. The van der Waals surface area contributed by atoms with Crippen LogP contribution >= 0.6 is 0 Å². The Labute approximate surface area is 198 Å². The van der Waals surface area contributed by atoms with E-state index in [1.165, 1.54) is 0 Å². The second kappa shape index (κ2) is 10.4. The summed E-state index contributed by atoms with van der Waals surface area (Å²) in [5, 5.41) is 11.6. The summed E-state index contributed by atoms with van der Waals surface area (Å²) >= 11 is 0. The van der Waals surface area contributed by atoms with Crippen molar-refractivity contribution in [1.82, 2.24) is 14.4 Å². The molecule has 0 saturated carbocycles. The number of aliphatic carboxylic acids is 1. The number of carbonyl (C=O) groups excluding carboxylic acids is 2. The van der Waals surface area contributed by atoms with E-state index in [1.54, 1.807) is 10.6 Å². The van der Waals surface area contributed by atoms with Crippen molar-refractivity contribution in [2.75, 3.05) is 29.9 Å². The number of imidazole rings is 1. The van der Waals surface area contributed by atoms with Crippen molar-refractivity contribution in [1.29, 1.82) is 0 Å². The molecule has 1 aliphatic rings. The molecule has 3 aromatic rings. The summed E-state index contributed by atoms with van der Waals surface area (Å²) in [6, 6.07) is 9.37. The number of hydrogen-bond donors (Lipinski definition) is 2. The van der Waals surface area contributed by atoms with E-state index in [2.05, 4.69) is 15.3 Å². The Hall–Kier alpha value is -3.52. The maximum absolute atomic E-state index is 12.9. The van der Waals surface area contributed by atoms with Gasteiger partial charge in [-0.1, -0.05) is 12.1 Å². The number of carboxylic acid groups (broad SMARTS) is 1. The Morgan fingerprint density at radius 1 is 1.17 bits per heavy atom. The van der Waals surface area contributed by atoms with Crippen LogP contribution in [0.5, 0.6) is 0 Å². The monoisotopic (exact) mass is 513 g/mol. The lowest BCUT2D eigenvalue weighted by molar-refractivity contribution is -0.910. The number of carboxylic acids is 1. The van der Waals surface area contributed by atoms with Crippen molar-refractivity contribution in [2.24, 2.45) is 0 Å². The lowest BCUT2D eigenvalue weighted by Gasteiger charge is -2.22. The van der Waals surface area contributed by atoms with Crippen molar-refractivity contribution in [2.45, 2.75) is 19.6 Å². The summed E-state index contributed by atoms with van der Waals surface area (Å²) in [5.74, 6) is -2.15. The van der Waals surface area contributed by atoms with Gasteiger partial charge in [0.05, 0.1) is 30.1 Å². The molecule has 1 saturated heterocycles. The molecule has 0 aromatic carbocycles. The number of nitrogens with zero attached hydrogens (tertiary/aromatic N) is 3. The fourth-order valence-electron chi connectivity index (χ4n) is 3.41. The number of sulfone groups is 1. The third-order valence-corrected chi connectivity index (χ3v) is 6.90. The van der Waals surface area contributed by atoms with E-state index in [0.717, 1.165) is 21.7 Å². The number of carbonyl (C=O) groups is 2. The van der Waals surface area contributed by atoms with Crippen LogP contribution in [-0.4, -0.2) is 65.4 Å². The molecule has 0 unspecified atom stereocenters. The van der Waals surface area contributed by atoms with Gasteiger partial charge < -0.3 is 20.1 Å². The Kier molecular flexibility index (Phi) is 7.75. The Bertz CT molecular complexity index is 1330. The van der Waals surface area contributed by atoms with E-state index < -0.39 is 22.0 Å². The number of alkyl halides is 3. The largest absolute Gasteiger partial charge is 0.542 e. The van der Waals surface area contributed by atoms with Crippen LogP contribution in [0.2, 0.25) is 0 Å². The van der Waals surface area contributed by atoms with Crippen LogP contribution < -0.4 is 15.3 Å². The molecule has 0 aliphatic carbocycles. The summed E-state index contributed by atoms with van der Waals surface area (Å²) in [7, 11) is -2.91. The van der Waals surface area contributed by atoms with Crippen LogP contribution in [0.15, 0.2) is 42.7 Å². The van der Waals surface area contributed by atoms with Crippen molar-refractivity contribution >= 4 is 33.0 Å². The number of rotatable bonds is 4. The number of aromatic nitrogens is 3. The summed E-state index contributed by atoms with van der Waals surface area (Å²) in [5.41, 5.74) is 2.51. The zero-order valence-electron chi connectivity index (χ0n) is 18.5. The number of amides is 1. The second-order valence-electron chi connectivity index (χ2n) is 7.82. The SMILES string of the molecule is Cc1cccnc1NC(=O)c1nc(C[NH+]2CCS(=O)(=O)CC2)c2ccccn12.O=C([O-])C(F)(F)F. The average Bonchev–Trinajstić information content (AvgIpc) is 3.15. The molecule has 10 nitrogen and oxygen atoms in total. The standard InChI is InChI=1S/C19H21N5O3S.C2HF3O2/c1-14-5-4-7-20-17(14)22-19(25)18-21-15(16-6-2-3-8-24(16)18)13-23-9-11-28(26,27)12-10-23;3-2(4,5)1(6)7/h2-8H,9-13H2,1H3,(H,20,22,25);(H,6,7). The molecule has 1 fully saturated rings. The van der Waals surface area contributed by atoms with Crippen LogP contribution in [-0.2, 0) is 21.2 Å². The van der Waals surface area contributed by atoms with Gasteiger partial charge in [0.1, 0.15) is 24.0 Å². The summed E-state index contributed by atoms with van der Waals surface area (Å²) in [6.45, 7) is 3.58. The molecule has 2 N–H and O–H groups in total. The van der Waals surface area contributed by atoms with Crippen molar-refractivity contribution in [3.8, 4) is 0 Å². The highest BCUT2D eigenvalue weighted by molar-refractivity contribution is 7.91. The van der Waals surface area contributed by atoms with Crippen molar-refractivity contribution in [3.05, 3.63) is 59.8 Å². The number of fused-ring (bicyclic) bond motifs is 1. The van der Waals surface area contributed by atoms with E-state index in [1.807, 2.05) is 43.5 Å². The molecule has 14 heteroatoms. The maximum Gasteiger partial charge on any atom is 0.430 e. The summed E-state index contributed by atoms with van der Waals surface area (Å²) in [6.07, 6.45) is -1.76. The number of halogens is 3. The van der Waals surface area contributed by atoms with Crippen molar-refractivity contribution < 1.29 is 41.2 Å². The lowest BCUT2D eigenvalue weighted by atomic mass is 10.3. The predicted octanol–water partition coefficient (Wildman–Crippen LogP) is -0.598. The zero-order valence-corrected chi connectivity index (χ0v) is 19.3. The van der Waals surface area contributed by atoms with Crippen LogP contribution in [0, 0.1) is 6.92 Å². The molecular formula is C21H22F3N5O5S. The smallest absolute Gasteiger partial charge is 0.430 e. The first-order valence-electron chi connectivity index (χ1n) is 10.4. The normalized spacial score (nSPS) is 15.8. The van der Waals surface area contributed by atoms with Crippen LogP contribution in [0.1, 0.15) is 21.9 Å². The van der Waals surface area contributed by atoms with Gasteiger partial charge in [-0.05, 0) is 30.7 Å². The number of anilines is 1. The number of hydrogen-bond acceptors (Lipinski definition) is 7. The Balaban J connectivity index is 0.000000429. The number of quaternary nitrogens is 1. The highest BCUT2D eigenvalue weighted by Crippen LogP contribution is 2.16. The third-order valence-electron chi connectivity index (χ3n) is 5.25. The molecule has 0 radical (unpaired) electrons. The predicted molar refractivity (Wildman–Crippen MR) is 116 cm³/mol. The van der Waals surface area contributed by atoms with Gasteiger partial charge in [0.25, 0.3) is 5.91 Å². The molecule has 4 heterocycles. The lowest BCUT2D eigenvalue weighted by Crippen LogP contribution is -3.13. The number of aryl methyl sites for hydroxylation is 1. The zero-order chi connectivity index (χ0) is 25.8. The molecule has 0 bridgehead atoms.